The van der Waals surface area contributed by atoms with Crippen LogP contribution in [0.3, 0.4) is 0 Å². The van der Waals surface area contributed by atoms with Gasteiger partial charge in [-0.1, -0.05) is 110 Å². The molecule has 0 aliphatic heterocycles. The third-order valence-electron chi connectivity index (χ3n) is 5.51. The van der Waals surface area contributed by atoms with E-state index in [0.29, 0.717) is 0 Å². The Kier molecular flexibility index (Phi) is 28.4. The SMILES string of the molecule is C=C(CC)CC/C=C(\C)CCC=C(C)C.C=C(CC)CC/C=C(\C)CCC=C(C)C.C=CC(=C)C. The van der Waals surface area contributed by atoms with Gasteiger partial charge in [0.25, 0.3) is 0 Å². The first-order valence-corrected chi connectivity index (χ1v) is 13.6. The van der Waals surface area contributed by atoms with E-state index in [1.165, 1.54) is 59.1 Å². The van der Waals surface area contributed by atoms with E-state index in [1.807, 2.05) is 6.92 Å². The van der Waals surface area contributed by atoms with Gasteiger partial charge in [-0.3, -0.25) is 0 Å². The molecular weight excluding hydrogens is 420 g/mol. The Morgan fingerprint density at radius 3 is 1.03 bits per heavy atom. The van der Waals surface area contributed by atoms with Crippen LogP contribution >= 0.6 is 0 Å². The van der Waals surface area contributed by atoms with Crippen molar-refractivity contribution in [3.05, 3.63) is 95.7 Å². The highest BCUT2D eigenvalue weighted by atomic mass is 14.0. The summed E-state index contributed by atoms with van der Waals surface area (Å²) >= 11 is 0. The molecule has 0 nitrogen and oxygen atoms in total. The van der Waals surface area contributed by atoms with Gasteiger partial charge in [-0.05, 0) is 113 Å². The molecule has 0 unspecified atom stereocenters. The molecule has 0 fully saturated rings. The van der Waals surface area contributed by atoms with Crippen LogP contribution in [0.15, 0.2) is 95.7 Å². The maximum atomic E-state index is 4.02. The van der Waals surface area contributed by atoms with Crippen LogP contribution in [0.5, 0.6) is 0 Å². The van der Waals surface area contributed by atoms with Gasteiger partial charge in [0.1, 0.15) is 0 Å². The minimum atomic E-state index is 1.02. The highest BCUT2D eigenvalue weighted by Crippen LogP contribution is 2.13. The second-order valence-electron chi connectivity index (χ2n) is 10.1. The standard InChI is InChI=1S/2C15H26.C5H8/c2*1-6-14(4)10-8-12-15(5)11-7-9-13(2)3;1-4-5(2)3/h2*9,12H,4,6-8,10-11H2,1-3,5H3;4H,1-2H2,3H3/b2*15-12+;. The smallest absolute Gasteiger partial charge is 0.0288 e. The summed E-state index contributed by atoms with van der Waals surface area (Å²) in [5.41, 5.74) is 9.61. The Morgan fingerprint density at radius 2 is 0.800 bits per heavy atom. The highest BCUT2D eigenvalue weighted by Gasteiger charge is 1.92. The minimum Gasteiger partial charge on any atom is -0.0999 e. The fourth-order valence-corrected chi connectivity index (χ4v) is 2.78. The molecule has 0 rings (SSSR count). The van der Waals surface area contributed by atoms with E-state index in [1.54, 1.807) is 6.08 Å². The van der Waals surface area contributed by atoms with Gasteiger partial charge in [-0.25, -0.2) is 0 Å². The summed E-state index contributed by atoms with van der Waals surface area (Å²) in [6.45, 7) is 34.4. The van der Waals surface area contributed by atoms with Crippen LogP contribution in [0, 0.1) is 0 Å². The fourth-order valence-electron chi connectivity index (χ4n) is 2.78. The van der Waals surface area contributed by atoms with Crippen molar-refractivity contribution in [3.8, 4) is 0 Å². The maximum Gasteiger partial charge on any atom is -0.0288 e. The van der Waals surface area contributed by atoms with Crippen LogP contribution in [0.1, 0.15) is 127 Å². The lowest BCUT2D eigenvalue weighted by Gasteiger charge is -2.01. The summed E-state index contributed by atoms with van der Waals surface area (Å²) in [6, 6.07) is 0. The van der Waals surface area contributed by atoms with Crippen molar-refractivity contribution in [1.82, 2.24) is 0 Å². The molecule has 0 amide bonds. The first-order valence-electron chi connectivity index (χ1n) is 13.6. The molecular formula is C35H60. The monoisotopic (exact) mass is 480 g/mol. The topological polar surface area (TPSA) is 0 Å². The van der Waals surface area contributed by atoms with Gasteiger partial charge in [-0.2, -0.15) is 0 Å². The molecule has 0 aromatic heterocycles. The molecule has 35 heavy (non-hydrogen) atoms. The van der Waals surface area contributed by atoms with Crippen molar-refractivity contribution in [3.63, 3.8) is 0 Å². The molecule has 0 atom stereocenters. The van der Waals surface area contributed by atoms with Crippen molar-refractivity contribution in [2.24, 2.45) is 0 Å². The van der Waals surface area contributed by atoms with Crippen LogP contribution in [0.2, 0.25) is 0 Å². The summed E-state index contributed by atoms with van der Waals surface area (Å²) in [7, 11) is 0. The molecule has 0 aromatic rings. The Bertz CT molecular complexity index is 653. The molecule has 0 saturated carbocycles. The van der Waals surface area contributed by atoms with E-state index in [0.717, 1.165) is 44.1 Å². The second kappa shape index (κ2) is 26.5. The third-order valence-corrected chi connectivity index (χ3v) is 5.51. The Labute approximate surface area is 222 Å². The molecule has 0 spiro atoms. The molecule has 0 aromatic carbocycles. The van der Waals surface area contributed by atoms with Crippen molar-refractivity contribution in [1.29, 1.82) is 0 Å². The Hall–Kier alpha value is -2.08. The summed E-state index contributed by atoms with van der Waals surface area (Å²) in [5, 5.41) is 0. The van der Waals surface area contributed by atoms with Crippen LogP contribution in [-0.4, -0.2) is 0 Å². The van der Waals surface area contributed by atoms with E-state index < -0.39 is 0 Å². The maximum absolute atomic E-state index is 4.02. The Morgan fingerprint density at radius 1 is 0.514 bits per heavy atom. The van der Waals surface area contributed by atoms with E-state index in [-0.39, 0.29) is 0 Å². The molecule has 0 bridgehead atoms. The van der Waals surface area contributed by atoms with Crippen molar-refractivity contribution in [2.45, 2.75) is 127 Å². The lowest BCUT2D eigenvalue weighted by molar-refractivity contribution is 0.889. The van der Waals surface area contributed by atoms with E-state index >= 15 is 0 Å². The van der Waals surface area contributed by atoms with Gasteiger partial charge in [0.15, 0.2) is 0 Å². The van der Waals surface area contributed by atoms with E-state index in [9.17, 15) is 0 Å². The average Bonchev–Trinajstić information content (AvgIpc) is 2.79. The first-order chi connectivity index (χ1) is 16.4. The van der Waals surface area contributed by atoms with Crippen molar-refractivity contribution in [2.75, 3.05) is 0 Å². The van der Waals surface area contributed by atoms with E-state index in [2.05, 4.69) is 106 Å². The van der Waals surface area contributed by atoms with Gasteiger partial charge in [0, 0.05) is 0 Å². The molecule has 0 aliphatic carbocycles. The molecule has 0 aliphatic rings. The molecule has 200 valence electrons. The number of allylic oxidation sites excluding steroid dienone is 12. The number of rotatable bonds is 15. The van der Waals surface area contributed by atoms with E-state index in [4.69, 9.17) is 0 Å². The number of hydrogen-bond donors (Lipinski definition) is 0. The third kappa shape index (κ3) is 36.7. The first kappa shape index (κ1) is 37.5. The summed E-state index contributed by atoms with van der Waals surface area (Å²) in [5.74, 6) is 0. The van der Waals surface area contributed by atoms with Gasteiger partial charge in [-0.15, -0.1) is 0 Å². The summed E-state index contributed by atoms with van der Waals surface area (Å²) in [4.78, 5) is 0. The van der Waals surface area contributed by atoms with Crippen LogP contribution in [-0.2, 0) is 0 Å². The minimum absolute atomic E-state index is 1.02. The lowest BCUT2D eigenvalue weighted by atomic mass is 10.1. The molecule has 0 saturated heterocycles. The van der Waals surface area contributed by atoms with Crippen LogP contribution in [0.4, 0.5) is 0 Å². The second-order valence-corrected chi connectivity index (χ2v) is 10.1. The normalized spacial score (nSPS) is 10.7. The van der Waals surface area contributed by atoms with Crippen LogP contribution in [0.25, 0.3) is 0 Å². The zero-order valence-corrected chi connectivity index (χ0v) is 25.3. The summed E-state index contributed by atoms with van der Waals surface area (Å²) in [6.07, 6.45) is 22.7. The average molecular weight is 481 g/mol. The van der Waals surface area contributed by atoms with Gasteiger partial charge in [0.2, 0.25) is 0 Å². The molecule has 0 heteroatoms. The van der Waals surface area contributed by atoms with Crippen molar-refractivity contribution >= 4 is 0 Å². The summed E-state index contributed by atoms with van der Waals surface area (Å²) < 4.78 is 0. The quantitative estimate of drug-likeness (QED) is 0.161. The predicted octanol–water partition coefficient (Wildman–Crippen LogP) is 12.6. The van der Waals surface area contributed by atoms with Crippen LogP contribution < -0.4 is 0 Å². The zero-order chi connectivity index (χ0) is 27.6. The van der Waals surface area contributed by atoms with Gasteiger partial charge < -0.3 is 0 Å². The van der Waals surface area contributed by atoms with Gasteiger partial charge >= 0.3 is 0 Å². The molecule has 0 radical (unpaired) electrons. The largest absolute Gasteiger partial charge is 0.0999 e. The number of hydrogen-bond acceptors (Lipinski definition) is 0. The molecule has 0 N–H and O–H groups in total. The zero-order valence-electron chi connectivity index (χ0n) is 25.3. The lowest BCUT2D eigenvalue weighted by Crippen LogP contribution is -1.81. The predicted molar refractivity (Wildman–Crippen MR) is 167 cm³/mol. The van der Waals surface area contributed by atoms with Gasteiger partial charge in [0.05, 0.1) is 0 Å². The highest BCUT2D eigenvalue weighted by molar-refractivity contribution is 5.06. The van der Waals surface area contributed by atoms with Crippen molar-refractivity contribution < 1.29 is 0 Å². The fraction of sp³-hybridized carbons (Fsp3) is 0.543. The molecule has 0 heterocycles. The Balaban J connectivity index is -0.000000491.